The topological polar surface area (TPSA) is 89.8 Å². The highest BCUT2D eigenvalue weighted by molar-refractivity contribution is 6.04. The molecule has 2 N–H and O–H groups in total. The molecule has 0 aliphatic carbocycles. The first-order chi connectivity index (χ1) is 14.4. The number of benzene rings is 2. The zero-order valence-electron chi connectivity index (χ0n) is 16.3. The smallest absolute Gasteiger partial charge is 0.339 e. The van der Waals surface area contributed by atoms with Gasteiger partial charge >= 0.3 is 5.97 Å². The first-order valence-corrected chi connectivity index (χ1v) is 9.19. The molecule has 0 radical (unpaired) electrons. The molecule has 1 aromatic heterocycles. The molecule has 3 aromatic rings. The maximum atomic E-state index is 13.4. The van der Waals surface area contributed by atoms with Crippen LogP contribution in [0.15, 0.2) is 48.7 Å². The lowest BCUT2D eigenvalue weighted by molar-refractivity contribution is -0.116. The van der Waals surface area contributed by atoms with E-state index in [0.29, 0.717) is 28.4 Å². The third-order valence-electron chi connectivity index (χ3n) is 5.18. The number of hydrogen-bond donors (Lipinski definition) is 2. The molecule has 0 bridgehead atoms. The maximum Gasteiger partial charge on any atom is 0.339 e. The lowest BCUT2D eigenvalue weighted by Gasteiger charge is -2.27. The van der Waals surface area contributed by atoms with E-state index in [1.165, 1.54) is 25.4 Å². The van der Waals surface area contributed by atoms with Crippen molar-refractivity contribution in [1.82, 2.24) is 4.57 Å². The molecule has 1 aliphatic heterocycles. The number of carboxylic acid groups (broad SMARTS) is 1. The molecule has 0 fully saturated rings. The molecule has 4 rings (SSSR count). The van der Waals surface area contributed by atoms with Crippen molar-refractivity contribution in [2.45, 2.75) is 12.3 Å². The Morgan fingerprint density at radius 3 is 2.53 bits per heavy atom. The Labute approximate surface area is 171 Å². The number of halogens is 1. The van der Waals surface area contributed by atoms with Crippen molar-refractivity contribution in [3.8, 4) is 17.2 Å². The van der Waals surface area contributed by atoms with Gasteiger partial charge in [0.1, 0.15) is 22.9 Å². The van der Waals surface area contributed by atoms with Gasteiger partial charge in [0, 0.05) is 35.9 Å². The number of nitrogens with one attached hydrogen (secondary N) is 1. The van der Waals surface area contributed by atoms with Crippen LogP contribution < -0.4 is 14.8 Å². The number of carboxylic acids is 1. The van der Waals surface area contributed by atoms with Crippen LogP contribution in [0.25, 0.3) is 5.69 Å². The number of ether oxygens (including phenoxy) is 2. The Hall–Kier alpha value is -3.81. The van der Waals surface area contributed by atoms with E-state index in [2.05, 4.69) is 5.32 Å². The monoisotopic (exact) mass is 410 g/mol. The molecule has 1 amide bonds. The second-order valence-electron chi connectivity index (χ2n) is 6.87. The molecular weight excluding hydrogens is 391 g/mol. The van der Waals surface area contributed by atoms with Crippen LogP contribution in [0.1, 0.15) is 34.0 Å². The molecule has 0 saturated carbocycles. The number of amides is 1. The summed E-state index contributed by atoms with van der Waals surface area (Å²) in [5, 5.41) is 12.4. The van der Waals surface area contributed by atoms with Gasteiger partial charge in [-0.15, -0.1) is 0 Å². The molecule has 154 valence electrons. The number of rotatable bonds is 5. The van der Waals surface area contributed by atoms with Gasteiger partial charge in [0.15, 0.2) is 0 Å². The second kappa shape index (κ2) is 7.55. The SMILES string of the molecule is COc1ccc(C2CC(=O)Nc3c(C(=O)O)cn(-c4ccc(F)cc4)c32)c(OC)c1. The normalized spacial score (nSPS) is 15.3. The van der Waals surface area contributed by atoms with Crippen molar-refractivity contribution in [3.05, 3.63) is 71.3 Å². The zero-order chi connectivity index (χ0) is 21.4. The summed E-state index contributed by atoms with van der Waals surface area (Å²) in [6.07, 6.45) is 1.54. The molecule has 2 aromatic carbocycles. The number of carbonyl (C=O) groups is 2. The fraction of sp³-hybridized carbons (Fsp3) is 0.182. The van der Waals surface area contributed by atoms with Crippen molar-refractivity contribution < 1.29 is 28.6 Å². The molecular formula is C22H19FN2O5. The van der Waals surface area contributed by atoms with Gasteiger partial charge in [-0.3, -0.25) is 4.79 Å². The standard InChI is InChI=1S/C22H19FN2O5/c1-29-14-7-8-15(18(9-14)30-2)16-10-19(26)24-20-17(22(27)28)11-25(21(16)20)13-5-3-12(23)4-6-13/h3-9,11,16H,10H2,1-2H3,(H,24,26)(H,27,28). The minimum atomic E-state index is -1.17. The van der Waals surface area contributed by atoms with Gasteiger partial charge in [0.25, 0.3) is 0 Å². The van der Waals surface area contributed by atoms with Crippen LogP contribution in [0.5, 0.6) is 11.5 Å². The number of nitrogens with zero attached hydrogens (tertiary/aromatic N) is 1. The van der Waals surface area contributed by atoms with E-state index in [9.17, 15) is 19.1 Å². The Morgan fingerprint density at radius 2 is 1.90 bits per heavy atom. The molecule has 7 nitrogen and oxygen atoms in total. The van der Waals surface area contributed by atoms with Crippen LogP contribution in [0.4, 0.5) is 10.1 Å². The molecule has 30 heavy (non-hydrogen) atoms. The van der Waals surface area contributed by atoms with Gasteiger partial charge in [-0.1, -0.05) is 6.07 Å². The molecule has 2 heterocycles. The average Bonchev–Trinajstić information content (AvgIpc) is 3.12. The number of anilines is 1. The molecule has 0 saturated heterocycles. The summed E-state index contributed by atoms with van der Waals surface area (Å²) in [5.74, 6) is -1.24. The lowest BCUT2D eigenvalue weighted by atomic mass is 9.87. The van der Waals surface area contributed by atoms with E-state index in [4.69, 9.17) is 9.47 Å². The van der Waals surface area contributed by atoms with Gasteiger partial charge in [-0.25, -0.2) is 9.18 Å². The summed E-state index contributed by atoms with van der Waals surface area (Å²) in [6.45, 7) is 0. The molecule has 8 heteroatoms. The highest BCUT2D eigenvalue weighted by Gasteiger charge is 2.35. The predicted molar refractivity (Wildman–Crippen MR) is 107 cm³/mol. The van der Waals surface area contributed by atoms with Crippen LogP contribution in [0, 0.1) is 5.82 Å². The van der Waals surface area contributed by atoms with Crippen molar-refractivity contribution in [1.29, 1.82) is 0 Å². The van der Waals surface area contributed by atoms with Crippen molar-refractivity contribution in [2.75, 3.05) is 19.5 Å². The number of aromatic nitrogens is 1. The van der Waals surface area contributed by atoms with E-state index in [0.717, 1.165) is 0 Å². The maximum absolute atomic E-state index is 13.4. The fourth-order valence-corrected chi connectivity index (χ4v) is 3.81. The third-order valence-corrected chi connectivity index (χ3v) is 5.18. The number of carbonyl (C=O) groups excluding carboxylic acids is 1. The highest BCUT2D eigenvalue weighted by Crippen LogP contribution is 2.44. The number of hydrogen-bond acceptors (Lipinski definition) is 4. The van der Waals surface area contributed by atoms with Crippen molar-refractivity contribution in [2.24, 2.45) is 0 Å². The minimum Gasteiger partial charge on any atom is -0.497 e. The molecule has 0 spiro atoms. The van der Waals surface area contributed by atoms with Gasteiger partial charge in [-0.05, 0) is 30.3 Å². The first kappa shape index (κ1) is 19.5. The number of methoxy groups -OCH3 is 2. The fourth-order valence-electron chi connectivity index (χ4n) is 3.81. The Balaban J connectivity index is 1.96. The zero-order valence-corrected chi connectivity index (χ0v) is 16.3. The first-order valence-electron chi connectivity index (χ1n) is 9.19. The third kappa shape index (κ3) is 3.26. The predicted octanol–water partition coefficient (Wildman–Crippen LogP) is 3.81. The number of fused-ring (bicyclic) bond motifs is 1. The van der Waals surface area contributed by atoms with E-state index < -0.39 is 17.7 Å². The summed E-state index contributed by atoms with van der Waals surface area (Å²) in [7, 11) is 3.06. The highest BCUT2D eigenvalue weighted by atomic mass is 19.1. The number of aromatic carboxylic acids is 1. The van der Waals surface area contributed by atoms with E-state index in [1.54, 1.807) is 42.0 Å². The van der Waals surface area contributed by atoms with Crippen LogP contribution in [-0.2, 0) is 4.79 Å². The Morgan fingerprint density at radius 1 is 1.17 bits per heavy atom. The van der Waals surface area contributed by atoms with Crippen molar-refractivity contribution >= 4 is 17.6 Å². The Kier molecular flexibility index (Phi) is 4.91. The van der Waals surface area contributed by atoms with Crippen molar-refractivity contribution in [3.63, 3.8) is 0 Å². The van der Waals surface area contributed by atoms with Crippen LogP contribution in [-0.4, -0.2) is 35.8 Å². The summed E-state index contributed by atoms with van der Waals surface area (Å²) in [4.78, 5) is 24.3. The van der Waals surface area contributed by atoms with Crippen LogP contribution in [0.2, 0.25) is 0 Å². The van der Waals surface area contributed by atoms with E-state index in [-0.39, 0.29) is 23.6 Å². The average molecular weight is 410 g/mol. The summed E-state index contributed by atoms with van der Waals surface area (Å²) in [5.41, 5.74) is 2.06. The lowest BCUT2D eigenvalue weighted by Crippen LogP contribution is -2.25. The minimum absolute atomic E-state index is 0.0418. The second-order valence-corrected chi connectivity index (χ2v) is 6.87. The van der Waals surface area contributed by atoms with Gasteiger partial charge < -0.3 is 24.5 Å². The molecule has 1 atom stereocenters. The largest absolute Gasteiger partial charge is 0.497 e. The molecule has 1 unspecified atom stereocenters. The van der Waals surface area contributed by atoms with Gasteiger partial charge in [0.05, 0.1) is 25.6 Å². The van der Waals surface area contributed by atoms with E-state index >= 15 is 0 Å². The molecule has 1 aliphatic rings. The Bertz CT molecular complexity index is 1140. The quantitative estimate of drug-likeness (QED) is 0.668. The van der Waals surface area contributed by atoms with Crippen LogP contribution >= 0.6 is 0 Å². The summed E-state index contributed by atoms with van der Waals surface area (Å²) >= 11 is 0. The van der Waals surface area contributed by atoms with E-state index in [1.807, 2.05) is 0 Å². The van der Waals surface area contributed by atoms with Crippen LogP contribution in [0.3, 0.4) is 0 Å². The summed E-state index contributed by atoms with van der Waals surface area (Å²) < 4.78 is 25.9. The van der Waals surface area contributed by atoms with Gasteiger partial charge in [0.2, 0.25) is 5.91 Å². The van der Waals surface area contributed by atoms with Gasteiger partial charge in [-0.2, -0.15) is 0 Å². The summed E-state index contributed by atoms with van der Waals surface area (Å²) in [6, 6.07) is 11.0.